The van der Waals surface area contributed by atoms with E-state index in [2.05, 4.69) is 42.6 Å². The predicted molar refractivity (Wildman–Crippen MR) is 100 cm³/mol. The van der Waals surface area contributed by atoms with Gasteiger partial charge in [-0.25, -0.2) is 0 Å². The second-order valence-corrected chi connectivity index (χ2v) is 7.11. The molecule has 2 aromatic carbocycles. The van der Waals surface area contributed by atoms with E-state index in [0.717, 1.165) is 17.2 Å². The number of hydrogen-bond donors (Lipinski definition) is 1. The summed E-state index contributed by atoms with van der Waals surface area (Å²) in [5, 5.41) is 13.2. The highest BCUT2D eigenvalue weighted by molar-refractivity contribution is 6.30. The van der Waals surface area contributed by atoms with E-state index in [0.29, 0.717) is 11.8 Å². The number of ether oxygens (including phenoxy) is 1. The van der Waals surface area contributed by atoms with E-state index >= 15 is 0 Å². The summed E-state index contributed by atoms with van der Waals surface area (Å²) in [5.41, 5.74) is 4.92. The first-order chi connectivity index (χ1) is 12.2. The van der Waals surface area contributed by atoms with Gasteiger partial charge in [0.15, 0.2) is 6.61 Å². The number of nitrogens with one attached hydrogen (secondary N) is 1. The van der Waals surface area contributed by atoms with Crippen LogP contribution in [0, 0.1) is 24.2 Å². The van der Waals surface area contributed by atoms with Gasteiger partial charge in [-0.3, -0.25) is 0 Å². The van der Waals surface area contributed by atoms with Gasteiger partial charge in [-0.15, -0.1) is 0 Å². The Kier molecular flexibility index (Phi) is 4.15. The van der Waals surface area contributed by atoms with Gasteiger partial charge in [0.25, 0.3) is 0 Å². The molecule has 0 saturated carbocycles. The zero-order chi connectivity index (χ0) is 17.4. The topological polar surface area (TPSA) is 45.0 Å². The van der Waals surface area contributed by atoms with Gasteiger partial charge in [0.1, 0.15) is 11.8 Å². The molecule has 4 heteroatoms. The molecule has 2 aliphatic rings. The predicted octanol–water partition coefficient (Wildman–Crippen LogP) is 5.38. The van der Waals surface area contributed by atoms with Crippen LogP contribution >= 0.6 is 11.6 Å². The van der Waals surface area contributed by atoms with E-state index in [-0.39, 0.29) is 12.6 Å². The third-order valence-corrected chi connectivity index (χ3v) is 5.39. The summed E-state index contributed by atoms with van der Waals surface area (Å²) in [7, 11) is 0. The van der Waals surface area contributed by atoms with E-state index in [4.69, 9.17) is 21.6 Å². The number of nitriles is 1. The third-order valence-electron chi connectivity index (χ3n) is 5.17. The van der Waals surface area contributed by atoms with Gasteiger partial charge in [0.2, 0.25) is 0 Å². The fraction of sp³-hybridized carbons (Fsp3) is 0.286. The average molecular weight is 351 g/mol. The Labute approximate surface area is 152 Å². The summed E-state index contributed by atoms with van der Waals surface area (Å²) in [6.45, 7) is 2.18. The molecule has 0 unspecified atom stereocenters. The lowest BCUT2D eigenvalue weighted by atomic mass is 9.76. The summed E-state index contributed by atoms with van der Waals surface area (Å²) >= 11 is 6.30. The molecule has 2 aromatic rings. The van der Waals surface area contributed by atoms with Crippen molar-refractivity contribution in [3.63, 3.8) is 0 Å². The largest absolute Gasteiger partial charge is 0.479 e. The van der Waals surface area contributed by atoms with Crippen LogP contribution in [0.2, 0.25) is 5.02 Å². The van der Waals surface area contributed by atoms with Crippen molar-refractivity contribution in [3.05, 3.63) is 70.3 Å². The molecule has 0 saturated heterocycles. The number of benzene rings is 2. The highest BCUT2D eigenvalue weighted by atomic mass is 35.5. The van der Waals surface area contributed by atoms with Crippen LogP contribution < -0.4 is 10.1 Å². The van der Waals surface area contributed by atoms with Crippen molar-refractivity contribution in [2.24, 2.45) is 5.92 Å². The Balaban J connectivity index is 1.68. The molecule has 1 aliphatic heterocycles. The van der Waals surface area contributed by atoms with Crippen LogP contribution in [0.15, 0.2) is 48.6 Å². The Morgan fingerprint density at radius 1 is 1.28 bits per heavy atom. The molecule has 0 bridgehead atoms. The molecule has 4 rings (SSSR count). The maximum atomic E-state index is 8.63. The second kappa shape index (κ2) is 6.46. The highest BCUT2D eigenvalue weighted by Crippen LogP contribution is 2.51. The van der Waals surface area contributed by atoms with E-state index in [1.54, 1.807) is 0 Å². The Morgan fingerprint density at radius 2 is 2.08 bits per heavy atom. The van der Waals surface area contributed by atoms with Crippen LogP contribution in [0.4, 0.5) is 5.69 Å². The molecule has 126 valence electrons. The van der Waals surface area contributed by atoms with Gasteiger partial charge >= 0.3 is 0 Å². The summed E-state index contributed by atoms with van der Waals surface area (Å²) in [5.74, 6) is 1.61. The molecule has 1 N–H and O–H groups in total. The number of allylic oxidation sites excluding steroid dienone is 2. The standard InChI is InChI=1S/C21H19ClN2O/c1-13-11-15(22)12-19-17-3-2-4-18(17)21(24-20(13)19)14-5-7-16(8-6-14)25-10-9-23/h2-3,5-8,11-12,17-18,21,24H,4,10H2,1H3/t17-,18-,21-/m1/s1. The molecule has 0 fully saturated rings. The smallest absolute Gasteiger partial charge is 0.174 e. The van der Waals surface area contributed by atoms with E-state index in [9.17, 15) is 0 Å². The normalized spacial score (nSPS) is 23.3. The Morgan fingerprint density at radius 3 is 2.84 bits per heavy atom. The first-order valence-corrected chi connectivity index (χ1v) is 8.88. The summed E-state index contributed by atoms with van der Waals surface area (Å²) in [6.07, 6.45) is 5.65. The average Bonchev–Trinajstić information content (AvgIpc) is 3.10. The van der Waals surface area contributed by atoms with Gasteiger partial charge in [-0.05, 0) is 60.2 Å². The van der Waals surface area contributed by atoms with Crippen LogP contribution in [-0.4, -0.2) is 6.61 Å². The Hall–Kier alpha value is -2.44. The number of fused-ring (bicyclic) bond motifs is 3. The van der Waals surface area contributed by atoms with Crippen LogP contribution in [0.25, 0.3) is 0 Å². The summed E-state index contributed by atoms with van der Waals surface area (Å²) in [4.78, 5) is 0. The van der Waals surface area contributed by atoms with Crippen LogP contribution in [0.3, 0.4) is 0 Å². The number of anilines is 1. The Bertz CT molecular complexity index is 867. The van der Waals surface area contributed by atoms with Gasteiger partial charge in [-0.2, -0.15) is 5.26 Å². The molecule has 0 radical (unpaired) electrons. The maximum Gasteiger partial charge on any atom is 0.174 e. The maximum absolute atomic E-state index is 8.63. The minimum absolute atomic E-state index is 0.0724. The summed E-state index contributed by atoms with van der Waals surface area (Å²) < 4.78 is 5.36. The lowest BCUT2D eigenvalue weighted by Gasteiger charge is -2.38. The van der Waals surface area contributed by atoms with Gasteiger partial charge in [0.05, 0.1) is 6.04 Å². The minimum atomic E-state index is 0.0724. The van der Waals surface area contributed by atoms with Gasteiger partial charge in [-0.1, -0.05) is 35.9 Å². The minimum Gasteiger partial charge on any atom is -0.479 e. The van der Waals surface area contributed by atoms with Gasteiger partial charge < -0.3 is 10.1 Å². The highest BCUT2D eigenvalue weighted by Gasteiger charge is 2.38. The van der Waals surface area contributed by atoms with Crippen molar-refractivity contribution < 1.29 is 4.74 Å². The van der Waals surface area contributed by atoms with Crippen molar-refractivity contribution in [2.45, 2.75) is 25.3 Å². The van der Waals surface area contributed by atoms with Crippen LogP contribution in [-0.2, 0) is 0 Å². The van der Waals surface area contributed by atoms with Gasteiger partial charge in [0, 0.05) is 16.6 Å². The fourth-order valence-corrected chi connectivity index (χ4v) is 4.34. The van der Waals surface area contributed by atoms with Crippen molar-refractivity contribution in [1.82, 2.24) is 0 Å². The first kappa shape index (κ1) is 16.1. The molecule has 3 atom stereocenters. The molecule has 3 nitrogen and oxygen atoms in total. The van der Waals surface area contributed by atoms with Crippen LogP contribution in [0.1, 0.15) is 35.1 Å². The number of rotatable bonds is 3. The van der Waals surface area contributed by atoms with E-state index < -0.39 is 0 Å². The zero-order valence-electron chi connectivity index (χ0n) is 14.0. The molecule has 1 heterocycles. The quantitative estimate of drug-likeness (QED) is 0.756. The fourth-order valence-electron chi connectivity index (χ4n) is 4.06. The number of aryl methyl sites for hydroxylation is 1. The number of halogens is 1. The molecule has 0 spiro atoms. The summed E-state index contributed by atoms with van der Waals surface area (Å²) in [6, 6.07) is 14.4. The molecule has 0 amide bonds. The number of nitrogens with zero attached hydrogens (tertiary/aromatic N) is 1. The lowest BCUT2D eigenvalue weighted by Crippen LogP contribution is -2.29. The number of hydrogen-bond acceptors (Lipinski definition) is 3. The van der Waals surface area contributed by atoms with E-state index in [1.165, 1.54) is 22.4 Å². The van der Waals surface area contributed by atoms with Crippen molar-refractivity contribution in [3.8, 4) is 11.8 Å². The molecular weight excluding hydrogens is 332 g/mol. The second-order valence-electron chi connectivity index (χ2n) is 6.68. The zero-order valence-corrected chi connectivity index (χ0v) is 14.8. The molecule has 0 aromatic heterocycles. The molecule has 1 aliphatic carbocycles. The lowest BCUT2D eigenvalue weighted by molar-refractivity contribution is 0.367. The first-order valence-electron chi connectivity index (χ1n) is 8.50. The monoisotopic (exact) mass is 350 g/mol. The molecule has 25 heavy (non-hydrogen) atoms. The third kappa shape index (κ3) is 2.88. The molecular formula is C21H19ClN2O. The van der Waals surface area contributed by atoms with Crippen molar-refractivity contribution in [2.75, 3.05) is 11.9 Å². The van der Waals surface area contributed by atoms with Crippen LogP contribution in [0.5, 0.6) is 5.75 Å². The van der Waals surface area contributed by atoms with E-state index in [1.807, 2.05) is 24.3 Å². The SMILES string of the molecule is Cc1cc(Cl)cc2c1N[C@H](c1ccc(OCC#N)cc1)[C@@H]1CC=C[C@@H]21. The van der Waals surface area contributed by atoms with Crippen molar-refractivity contribution >= 4 is 17.3 Å². The van der Waals surface area contributed by atoms with Crippen molar-refractivity contribution in [1.29, 1.82) is 5.26 Å².